The van der Waals surface area contributed by atoms with Crippen molar-refractivity contribution < 1.29 is 19.0 Å². The van der Waals surface area contributed by atoms with Crippen molar-refractivity contribution in [3.63, 3.8) is 0 Å². The standard InChI is InChI=1S/C24H29N3O4/c1-16(2)18-10-9-17(3)21(13-18)31-15-23(28)26-22-11-12-25-27(22)14-19-7-6-8-20(29-4)24(19)30-5/h6-13,16H,14-15H2,1-5H3,(H,26,28). The topological polar surface area (TPSA) is 74.6 Å². The van der Waals surface area contributed by atoms with E-state index >= 15 is 0 Å². The van der Waals surface area contributed by atoms with Crippen molar-refractivity contribution >= 4 is 11.7 Å². The van der Waals surface area contributed by atoms with E-state index in [0.29, 0.717) is 29.8 Å². The van der Waals surface area contributed by atoms with Gasteiger partial charge in [0.25, 0.3) is 5.91 Å². The van der Waals surface area contributed by atoms with Gasteiger partial charge in [0.15, 0.2) is 18.1 Å². The van der Waals surface area contributed by atoms with Crippen LogP contribution in [0.2, 0.25) is 0 Å². The Morgan fingerprint density at radius 1 is 1.10 bits per heavy atom. The number of hydrogen-bond donors (Lipinski definition) is 1. The molecule has 0 unspecified atom stereocenters. The number of rotatable bonds is 9. The molecule has 164 valence electrons. The van der Waals surface area contributed by atoms with Crippen LogP contribution in [0, 0.1) is 6.92 Å². The van der Waals surface area contributed by atoms with Gasteiger partial charge in [-0.15, -0.1) is 0 Å². The molecule has 3 rings (SSSR count). The number of hydrogen-bond acceptors (Lipinski definition) is 5. The summed E-state index contributed by atoms with van der Waals surface area (Å²) in [6.45, 7) is 6.54. The van der Waals surface area contributed by atoms with Gasteiger partial charge in [-0.25, -0.2) is 4.68 Å². The molecule has 3 aromatic rings. The van der Waals surface area contributed by atoms with Crippen molar-refractivity contribution in [2.24, 2.45) is 0 Å². The van der Waals surface area contributed by atoms with E-state index in [0.717, 1.165) is 16.9 Å². The second kappa shape index (κ2) is 10.0. The molecule has 0 spiro atoms. The molecule has 7 nitrogen and oxygen atoms in total. The van der Waals surface area contributed by atoms with E-state index in [-0.39, 0.29) is 12.5 Å². The summed E-state index contributed by atoms with van der Waals surface area (Å²) in [6, 6.07) is 13.5. The molecule has 0 saturated heterocycles. The molecule has 0 aliphatic carbocycles. The SMILES string of the molecule is COc1cccc(Cn2nccc2NC(=O)COc2cc(C(C)C)ccc2C)c1OC. The van der Waals surface area contributed by atoms with E-state index in [1.165, 1.54) is 5.56 Å². The summed E-state index contributed by atoms with van der Waals surface area (Å²) in [7, 11) is 3.19. The second-order valence-electron chi connectivity index (χ2n) is 7.54. The normalized spacial score (nSPS) is 10.8. The molecule has 1 amide bonds. The quantitative estimate of drug-likeness (QED) is 0.552. The summed E-state index contributed by atoms with van der Waals surface area (Å²) in [6.07, 6.45) is 1.64. The Kier molecular flexibility index (Phi) is 7.18. The Hall–Kier alpha value is -3.48. The summed E-state index contributed by atoms with van der Waals surface area (Å²) in [4.78, 5) is 12.5. The first-order valence-corrected chi connectivity index (χ1v) is 10.2. The van der Waals surface area contributed by atoms with Gasteiger partial charge in [-0.05, 0) is 36.1 Å². The monoisotopic (exact) mass is 423 g/mol. The summed E-state index contributed by atoms with van der Waals surface area (Å²) in [5, 5.41) is 7.19. The number of amides is 1. The molecule has 7 heteroatoms. The lowest BCUT2D eigenvalue weighted by Gasteiger charge is -2.15. The van der Waals surface area contributed by atoms with E-state index in [4.69, 9.17) is 14.2 Å². The maximum Gasteiger partial charge on any atom is 0.263 e. The number of carbonyl (C=O) groups is 1. The van der Waals surface area contributed by atoms with Gasteiger partial charge in [0.2, 0.25) is 0 Å². The van der Waals surface area contributed by atoms with Crippen molar-refractivity contribution in [2.45, 2.75) is 33.2 Å². The van der Waals surface area contributed by atoms with Crippen LogP contribution in [0.5, 0.6) is 17.2 Å². The number of nitrogens with one attached hydrogen (secondary N) is 1. The maximum atomic E-state index is 12.5. The second-order valence-corrected chi connectivity index (χ2v) is 7.54. The molecule has 1 N–H and O–H groups in total. The molecule has 0 aliphatic heterocycles. The van der Waals surface area contributed by atoms with Crippen LogP contribution in [0.25, 0.3) is 0 Å². The molecule has 0 aliphatic rings. The fourth-order valence-electron chi connectivity index (χ4n) is 3.26. The zero-order valence-electron chi connectivity index (χ0n) is 18.6. The van der Waals surface area contributed by atoms with Gasteiger partial charge < -0.3 is 19.5 Å². The third-order valence-corrected chi connectivity index (χ3v) is 5.03. The van der Waals surface area contributed by atoms with Crippen molar-refractivity contribution in [3.8, 4) is 17.2 Å². The van der Waals surface area contributed by atoms with Gasteiger partial charge in [0, 0.05) is 11.6 Å². The Morgan fingerprint density at radius 3 is 2.61 bits per heavy atom. The highest BCUT2D eigenvalue weighted by Crippen LogP contribution is 2.31. The fraction of sp³-hybridized carbons (Fsp3) is 0.333. The first-order valence-electron chi connectivity index (χ1n) is 10.2. The van der Waals surface area contributed by atoms with Gasteiger partial charge in [0.05, 0.1) is 27.0 Å². The van der Waals surface area contributed by atoms with Crippen LogP contribution in [0.4, 0.5) is 5.82 Å². The predicted molar refractivity (Wildman–Crippen MR) is 120 cm³/mol. The Morgan fingerprint density at radius 2 is 1.90 bits per heavy atom. The van der Waals surface area contributed by atoms with Crippen molar-refractivity contribution in [3.05, 3.63) is 65.4 Å². The summed E-state index contributed by atoms with van der Waals surface area (Å²) < 4.78 is 18.3. The first-order chi connectivity index (χ1) is 14.9. The van der Waals surface area contributed by atoms with Crippen molar-refractivity contribution in [2.75, 3.05) is 26.1 Å². The number of aryl methyl sites for hydroxylation is 1. The highest BCUT2D eigenvalue weighted by molar-refractivity contribution is 5.91. The Bertz CT molecular complexity index is 1040. The van der Waals surface area contributed by atoms with Crippen LogP contribution >= 0.6 is 0 Å². The average molecular weight is 424 g/mol. The predicted octanol–water partition coefficient (Wildman–Crippen LogP) is 4.40. The van der Waals surface area contributed by atoms with Crippen LogP contribution in [-0.2, 0) is 11.3 Å². The fourth-order valence-corrected chi connectivity index (χ4v) is 3.26. The van der Waals surface area contributed by atoms with Gasteiger partial charge >= 0.3 is 0 Å². The minimum absolute atomic E-state index is 0.0873. The van der Waals surface area contributed by atoms with Crippen LogP contribution in [0.1, 0.15) is 36.5 Å². The number of nitrogens with zero attached hydrogens (tertiary/aromatic N) is 2. The molecule has 1 aromatic heterocycles. The largest absolute Gasteiger partial charge is 0.493 e. The molecular weight excluding hydrogens is 394 g/mol. The average Bonchev–Trinajstić information content (AvgIpc) is 3.19. The zero-order chi connectivity index (χ0) is 22.4. The minimum Gasteiger partial charge on any atom is -0.493 e. The smallest absolute Gasteiger partial charge is 0.263 e. The molecule has 31 heavy (non-hydrogen) atoms. The third kappa shape index (κ3) is 5.36. The van der Waals surface area contributed by atoms with Crippen molar-refractivity contribution in [1.82, 2.24) is 9.78 Å². The molecule has 0 saturated carbocycles. The zero-order valence-corrected chi connectivity index (χ0v) is 18.6. The number of carbonyl (C=O) groups excluding carboxylic acids is 1. The van der Waals surface area contributed by atoms with Crippen LogP contribution in [-0.4, -0.2) is 36.5 Å². The van der Waals surface area contributed by atoms with Crippen molar-refractivity contribution in [1.29, 1.82) is 0 Å². The molecule has 0 radical (unpaired) electrons. The third-order valence-electron chi connectivity index (χ3n) is 5.03. The van der Waals surface area contributed by atoms with Crippen LogP contribution in [0.3, 0.4) is 0 Å². The summed E-state index contributed by atoms with van der Waals surface area (Å²) in [5.74, 6) is 2.71. The Balaban J connectivity index is 1.67. The number of benzene rings is 2. The van der Waals surface area contributed by atoms with E-state index in [2.05, 4.69) is 30.3 Å². The highest BCUT2D eigenvalue weighted by Gasteiger charge is 2.14. The van der Waals surface area contributed by atoms with E-state index in [1.807, 2.05) is 37.3 Å². The van der Waals surface area contributed by atoms with Gasteiger partial charge in [0.1, 0.15) is 11.6 Å². The maximum absolute atomic E-state index is 12.5. The molecule has 0 fully saturated rings. The lowest BCUT2D eigenvalue weighted by molar-refractivity contribution is -0.118. The van der Waals surface area contributed by atoms with Crippen LogP contribution in [0.15, 0.2) is 48.7 Å². The van der Waals surface area contributed by atoms with Gasteiger partial charge in [-0.1, -0.05) is 38.1 Å². The number of anilines is 1. The summed E-state index contributed by atoms with van der Waals surface area (Å²) in [5.41, 5.74) is 3.05. The molecular formula is C24H29N3O4. The first kappa shape index (κ1) is 22.2. The molecule has 0 bridgehead atoms. The summed E-state index contributed by atoms with van der Waals surface area (Å²) >= 11 is 0. The lowest BCUT2D eigenvalue weighted by Crippen LogP contribution is -2.22. The van der Waals surface area contributed by atoms with Gasteiger partial charge in [-0.2, -0.15) is 5.10 Å². The van der Waals surface area contributed by atoms with E-state index in [9.17, 15) is 4.79 Å². The minimum atomic E-state index is -0.256. The molecule has 1 heterocycles. The van der Waals surface area contributed by atoms with E-state index in [1.54, 1.807) is 31.2 Å². The highest BCUT2D eigenvalue weighted by atomic mass is 16.5. The lowest BCUT2D eigenvalue weighted by atomic mass is 10.0. The number of ether oxygens (including phenoxy) is 3. The Labute approximate surface area is 182 Å². The van der Waals surface area contributed by atoms with E-state index < -0.39 is 0 Å². The number of aromatic nitrogens is 2. The molecule has 2 aromatic carbocycles. The number of para-hydroxylation sites is 1. The number of methoxy groups -OCH3 is 2. The van der Waals surface area contributed by atoms with Crippen LogP contribution < -0.4 is 19.5 Å². The molecule has 0 atom stereocenters. The van der Waals surface area contributed by atoms with Gasteiger partial charge in [-0.3, -0.25) is 4.79 Å².